The van der Waals surface area contributed by atoms with Crippen molar-refractivity contribution in [1.82, 2.24) is 0 Å². The largest absolute Gasteiger partial charge is 0.416 e. The minimum atomic E-state index is -4.38. The topological polar surface area (TPSA) is 17.1 Å². The lowest BCUT2D eigenvalue weighted by Gasteiger charge is -2.08. The Morgan fingerprint density at radius 3 is 2.29 bits per heavy atom. The lowest BCUT2D eigenvalue weighted by molar-refractivity contribution is -0.120. The molecular formula is C10H13F3O. The van der Waals surface area contributed by atoms with Crippen LogP contribution in [0, 0.1) is 5.92 Å². The maximum atomic E-state index is 12.1. The van der Waals surface area contributed by atoms with Gasteiger partial charge >= 0.3 is 6.18 Å². The number of hydrogen-bond donors (Lipinski definition) is 0. The molecule has 0 spiro atoms. The highest BCUT2D eigenvalue weighted by Crippen LogP contribution is 2.27. The van der Waals surface area contributed by atoms with Crippen molar-refractivity contribution in [3.8, 4) is 0 Å². The lowest BCUT2D eigenvalue weighted by Crippen LogP contribution is -2.11. The van der Waals surface area contributed by atoms with Crippen molar-refractivity contribution in [2.45, 2.75) is 26.4 Å². The van der Waals surface area contributed by atoms with Crippen LogP contribution in [0.3, 0.4) is 0 Å². The highest BCUT2D eigenvalue weighted by molar-refractivity contribution is 5.78. The number of carbonyl (C=O) groups is 1. The zero-order valence-electron chi connectivity index (χ0n) is 8.19. The van der Waals surface area contributed by atoms with Gasteiger partial charge < -0.3 is 0 Å². The van der Waals surface area contributed by atoms with Gasteiger partial charge in [-0.25, -0.2) is 0 Å². The second-order valence-corrected chi connectivity index (χ2v) is 3.11. The minimum absolute atomic E-state index is 0.0934. The van der Waals surface area contributed by atoms with Crippen LogP contribution in [-0.4, -0.2) is 12.0 Å². The monoisotopic (exact) mass is 206 g/mol. The van der Waals surface area contributed by atoms with E-state index in [-0.39, 0.29) is 18.1 Å². The molecule has 1 atom stereocenters. The first-order valence-corrected chi connectivity index (χ1v) is 4.19. The van der Waals surface area contributed by atoms with Crippen molar-refractivity contribution in [3.05, 3.63) is 24.3 Å². The van der Waals surface area contributed by atoms with Crippen molar-refractivity contribution < 1.29 is 18.0 Å². The molecule has 0 amide bonds. The number of ketones is 1. The lowest BCUT2D eigenvalue weighted by atomic mass is 10.0. The molecule has 0 N–H and O–H groups in total. The van der Waals surface area contributed by atoms with Gasteiger partial charge in [-0.3, -0.25) is 4.79 Å². The van der Waals surface area contributed by atoms with Gasteiger partial charge in [0.2, 0.25) is 0 Å². The first-order valence-electron chi connectivity index (χ1n) is 4.19. The van der Waals surface area contributed by atoms with E-state index in [9.17, 15) is 18.0 Å². The fourth-order valence-corrected chi connectivity index (χ4v) is 0.784. The quantitative estimate of drug-likeness (QED) is 0.645. The summed E-state index contributed by atoms with van der Waals surface area (Å²) in [5, 5.41) is 0. The van der Waals surface area contributed by atoms with Gasteiger partial charge in [0.05, 0.1) is 5.57 Å². The number of alkyl halides is 3. The van der Waals surface area contributed by atoms with Crippen LogP contribution in [-0.2, 0) is 4.79 Å². The summed E-state index contributed by atoms with van der Waals surface area (Å²) >= 11 is 0. The van der Waals surface area contributed by atoms with E-state index in [0.717, 1.165) is 12.2 Å². The van der Waals surface area contributed by atoms with E-state index in [0.29, 0.717) is 0 Å². The van der Waals surface area contributed by atoms with Crippen molar-refractivity contribution in [3.63, 3.8) is 0 Å². The van der Waals surface area contributed by atoms with Crippen LogP contribution in [0.4, 0.5) is 13.2 Å². The van der Waals surface area contributed by atoms with Crippen molar-refractivity contribution in [2.24, 2.45) is 5.92 Å². The highest BCUT2D eigenvalue weighted by Gasteiger charge is 2.31. The highest BCUT2D eigenvalue weighted by atomic mass is 19.4. The Hall–Kier alpha value is -1.06. The van der Waals surface area contributed by atoms with E-state index in [4.69, 9.17) is 0 Å². The van der Waals surface area contributed by atoms with Crippen LogP contribution < -0.4 is 0 Å². The van der Waals surface area contributed by atoms with Crippen molar-refractivity contribution in [1.29, 1.82) is 0 Å². The minimum Gasteiger partial charge on any atom is -0.300 e. The molecular weight excluding hydrogens is 193 g/mol. The van der Waals surface area contributed by atoms with Gasteiger partial charge in [0.15, 0.2) is 0 Å². The summed E-state index contributed by atoms with van der Waals surface area (Å²) in [5.41, 5.74) is -0.786. The van der Waals surface area contributed by atoms with Crippen molar-refractivity contribution in [2.75, 3.05) is 0 Å². The Kier molecular flexibility index (Phi) is 4.60. The Labute approximate surface area is 81.3 Å². The smallest absolute Gasteiger partial charge is 0.300 e. The van der Waals surface area contributed by atoms with Gasteiger partial charge in [-0.05, 0) is 13.3 Å². The van der Waals surface area contributed by atoms with Crippen LogP contribution in [0.1, 0.15) is 20.3 Å². The van der Waals surface area contributed by atoms with E-state index in [2.05, 4.69) is 6.58 Å². The van der Waals surface area contributed by atoms with Crippen LogP contribution in [0.15, 0.2) is 24.3 Å². The third-order valence-electron chi connectivity index (χ3n) is 1.93. The standard InChI is InChI=1S/C10H13F3O/c1-4-9(10(11,12)13)6-5-7(2)8(3)14/h4,6-7H,1,5H2,2-3H3/b9-6-. The summed E-state index contributed by atoms with van der Waals surface area (Å²) in [6, 6.07) is 0. The maximum Gasteiger partial charge on any atom is 0.416 e. The Balaban J connectivity index is 4.49. The van der Waals surface area contributed by atoms with E-state index < -0.39 is 11.7 Å². The van der Waals surface area contributed by atoms with Crippen LogP contribution in [0.2, 0.25) is 0 Å². The van der Waals surface area contributed by atoms with Crippen LogP contribution in [0.25, 0.3) is 0 Å². The molecule has 0 bridgehead atoms. The molecule has 14 heavy (non-hydrogen) atoms. The molecule has 0 saturated heterocycles. The molecule has 0 aromatic rings. The van der Waals surface area contributed by atoms with Gasteiger partial charge in [-0.15, -0.1) is 0 Å². The number of carbonyl (C=O) groups excluding carboxylic acids is 1. The molecule has 0 radical (unpaired) electrons. The zero-order valence-corrected chi connectivity index (χ0v) is 8.19. The Morgan fingerprint density at radius 2 is 2.00 bits per heavy atom. The molecule has 0 saturated carbocycles. The van der Waals surface area contributed by atoms with Crippen molar-refractivity contribution >= 4 is 5.78 Å². The van der Waals surface area contributed by atoms with Gasteiger partial charge in [-0.1, -0.05) is 25.7 Å². The summed E-state index contributed by atoms with van der Waals surface area (Å²) in [7, 11) is 0. The Bertz CT molecular complexity index is 251. The molecule has 0 heterocycles. The molecule has 1 nitrogen and oxygen atoms in total. The molecule has 0 aromatic carbocycles. The number of Topliss-reactive ketones (excluding diaryl/α,β-unsaturated/α-hetero) is 1. The molecule has 4 heteroatoms. The second kappa shape index (κ2) is 4.98. The number of allylic oxidation sites excluding steroid dienone is 3. The van der Waals surface area contributed by atoms with Gasteiger partial charge in [0.1, 0.15) is 5.78 Å². The first-order chi connectivity index (χ1) is 6.29. The normalized spacial score (nSPS) is 15.1. The van der Waals surface area contributed by atoms with E-state index >= 15 is 0 Å². The van der Waals surface area contributed by atoms with Crippen LogP contribution >= 0.6 is 0 Å². The third-order valence-corrected chi connectivity index (χ3v) is 1.93. The summed E-state index contributed by atoms with van der Waals surface area (Å²) in [6.45, 7) is 6.03. The molecule has 0 aliphatic carbocycles. The fraction of sp³-hybridized carbons (Fsp3) is 0.500. The fourth-order valence-electron chi connectivity index (χ4n) is 0.784. The van der Waals surface area contributed by atoms with Gasteiger partial charge in [0.25, 0.3) is 0 Å². The molecule has 1 unspecified atom stereocenters. The Morgan fingerprint density at radius 1 is 1.50 bits per heavy atom. The summed E-state index contributed by atoms with van der Waals surface area (Å²) < 4.78 is 36.4. The second-order valence-electron chi connectivity index (χ2n) is 3.11. The van der Waals surface area contributed by atoms with Crippen LogP contribution in [0.5, 0.6) is 0 Å². The maximum absolute atomic E-state index is 12.1. The average molecular weight is 206 g/mol. The molecule has 0 aliphatic rings. The molecule has 0 aliphatic heterocycles. The number of halogens is 3. The molecule has 80 valence electrons. The summed E-state index contributed by atoms with van der Waals surface area (Å²) in [5.74, 6) is -0.501. The molecule has 0 aromatic heterocycles. The van der Waals surface area contributed by atoms with E-state index in [1.807, 2.05) is 0 Å². The van der Waals surface area contributed by atoms with Gasteiger partial charge in [0, 0.05) is 5.92 Å². The SMILES string of the molecule is C=C/C(=C/CC(C)C(C)=O)C(F)(F)F. The number of rotatable bonds is 4. The summed E-state index contributed by atoms with van der Waals surface area (Å²) in [4.78, 5) is 10.8. The van der Waals surface area contributed by atoms with E-state index in [1.54, 1.807) is 6.92 Å². The van der Waals surface area contributed by atoms with Gasteiger partial charge in [-0.2, -0.15) is 13.2 Å². The molecule has 0 rings (SSSR count). The number of hydrogen-bond acceptors (Lipinski definition) is 1. The average Bonchev–Trinajstić information content (AvgIpc) is 2.02. The third kappa shape index (κ3) is 4.25. The predicted molar refractivity (Wildman–Crippen MR) is 48.8 cm³/mol. The summed E-state index contributed by atoms with van der Waals surface area (Å²) in [6.07, 6.45) is -2.53. The zero-order chi connectivity index (χ0) is 11.4. The first kappa shape index (κ1) is 12.9. The molecule has 0 fully saturated rings. The van der Waals surface area contributed by atoms with E-state index in [1.165, 1.54) is 6.92 Å². The predicted octanol–water partition coefficient (Wildman–Crippen LogP) is 3.28.